The second-order valence-electron chi connectivity index (χ2n) is 5.76. The van der Waals surface area contributed by atoms with E-state index >= 15 is 0 Å². The van der Waals surface area contributed by atoms with Gasteiger partial charge in [0.2, 0.25) is 5.88 Å². The fourth-order valence-corrected chi connectivity index (χ4v) is 2.24. The SMILES string of the molecule is CN(C)CCCN=Cc1c(O)n(Cc2ccccc2)c(=O)[nH]c1=O. The van der Waals surface area contributed by atoms with E-state index < -0.39 is 11.2 Å². The Morgan fingerprint density at radius 3 is 2.62 bits per heavy atom. The van der Waals surface area contributed by atoms with Crippen molar-refractivity contribution < 1.29 is 5.11 Å². The first kappa shape index (κ1) is 17.7. The third-order valence-corrected chi connectivity index (χ3v) is 3.50. The Balaban J connectivity index is 2.23. The van der Waals surface area contributed by atoms with Gasteiger partial charge < -0.3 is 10.0 Å². The molecule has 1 aromatic carbocycles. The minimum absolute atomic E-state index is 0.00427. The molecular formula is C17H22N4O3. The molecule has 0 unspecified atom stereocenters. The van der Waals surface area contributed by atoms with Gasteiger partial charge in [0.15, 0.2) is 0 Å². The number of nitrogens with one attached hydrogen (secondary N) is 1. The van der Waals surface area contributed by atoms with Crippen molar-refractivity contribution in [2.75, 3.05) is 27.2 Å². The first-order chi connectivity index (χ1) is 11.5. The van der Waals surface area contributed by atoms with E-state index in [2.05, 4.69) is 9.98 Å². The summed E-state index contributed by atoms with van der Waals surface area (Å²) >= 11 is 0. The number of aliphatic imine (C=N–C) groups is 1. The van der Waals surface area contributed by atoms with Crippen LogP contribution in [0.15, 0.2) is 44.9 Å². The van der Waals surface area contributed by atoms with Crippen molar-refractivity contribution in [3.63, 3.8) is 0 Å². The lowest BCUT2D eigenvalue weighted by Crippen LogP contribution is -2.32. The van der Waals surface area contributed by atoms with Crippen LogP contribution in [0.2, 0.25) is 0 Å². The predicted molar refractivity (Wildman–Crippen MR) is 94.2 cm³/mol. The molecule has 0 radical (unpaired) electrons. The monoisotopic (exact) mass is 330 g/mol. The number of aromatic amines is 1. The minimum Gasteiger partial charge on any atom is -0.494 e. The van der Waals surface area contributed by atoms with Gasteiger partial charge in [-0.05, 0) is 32.6 Å². The maximum Gasteiger partial charge on any atom is 0.331 e. The molecule has 2 N–H and O–H groups in total. The predicted octanol–water partition coefficient (Wildman–Crippen LogP) is 0.661. The van der Waals surface area contributed by atoms with Gasteiger partial charge >= 0.3 is 5.69 Å². The molecule has 0 aliphatic heterocycles. The van der Waals surface area contributed by atoms with Crippen LogP contribution < -0.4 is 11.2 Å². The zero-order valence-electron chi connectivity index (χ0n) is 13.9. The minimum atomic E-state index is -0.647. The normalized spacial score (nSPS) is 11.5. The summed E-state index contributed by atoms with van der Waals surface area (Å²) in [4.78, 5) is 32.3. The van der Waals surface area contributed by atoms with E-state index in [9.17, 15) is 14.7 Å². The number of H-pyrrole nitrogens is 1. The third-order valence-electron chi connectivity index (χ3n) is 3.50. The van der Waals surface area contributed by atoms with Crippen LogP contribution in [0.5, 0.6) is 5.88 Å². The van der Waals surface area contributed by atoms with Crippen molar-refractivity contribution in [2.24, 2.45) is 4.99 Å². The summed E-state index contributed by atoms with van der Waals surface area (Å²) in [5.41, 5.74) is -0.449. The quantitative estimate of drug-likeness (QED) is 0.576. The van der Waals surface area contributed by atoms with E-state index in [0.717, 1.165) is 23.1 Å². The van der Waals surface area contributed by atoms with E-state index in [1.165, 1.54) is 6.21 Å². The van der Waals surface area contributed by atoms with Crippen LogP contribution in [-0.2, 0) is 6.54 Å². The lowest BCUT2D eigenvalue weighted by atomic mass is 10.2. The number of benzene rings is 1. The maximum absolute atomic E-state index is 12.0. The Hall–Kier alpha value is -2.67. The molecule has 0 spiro atoms. The van der Waals surface area contributed by atoms with E-state index in [1.807, 2.05) is 49.3 Å². The van der Waals surface area contributed by atoms with Crippen molar-refractivity contribution >= 4 is 6.21 Å². The van der Waals surface area contributed by atoms with E-state index in [4.69, 9.17) is 0 Å². The van der Waals surface area contributed by atoms with E-state index in [-0.39, 0.29) is 18.0 Å². The fraction of sp³-hybridized carbons (Fsp3) is 0.353. The molecule has 7 nitrogen and oxygen atoms in total. The highest BCUT2D eigenvalue weighted by Gasteiger charge is 2.12. The molecule has 0 aliphatic rings. The molecule has 7 heteroatoms. The van der Waals surface area contributed by atoms with Gasteiger partial charge in [-0.3, -0.25) is 19.3 Å². The molecule has 1 aromatic heterocycles. The topological polar surface area (TPSA) is 90.7 Å². The lowest BCUT2D eigenvalue weighted by Gasteiger charge is -2.09. The van der Waals surface area contributed by atoms with Crippen molar-refractivity contribution in [2.45, 2.75) is 13.0 Å². The Kier molecular flexibility index (Phi) is 6.08. The van der Waals surface area contributed by atoms with Crippen LogP contribution in [0.4, 0.5) is 0 Å². The Morgan fingerprint density at radius 1 is 1.25 bits per heavy atom. The van der Waals surface area contributed by atoms with Gasteiger partial charge in [-0.15, -0.1) is 0 Å². The van der Waals surface area contributed by atoms with Gasteiger partial charge in [-0.2, -0.15) is 0 Å². The lowest BCUT2D eigenvalue weighted by molar-refractivity contribution is 0.403. The zero-order chi connectivity index (χ0) is 17.5. The molecule has 0 amide bonds. The van der Waals surface area contributed by atoms with Gasteiger partial charge in [0.05, 0.1) is 6.54 Å². The van der Waals surface area contributed by atoms with Gasteiger partial charge in [0.1, 0.15) is 5.56 Å². The molecule has 0 saturated heterocycles. The molecule has 0 aliphatic carbocycles. The Morgan fingerprint density at radius 2 is 1.96 bits per heavy atom. The second-order valence-corrected chi connectivity index (χ2v) is 5.76. The van der Waals surface area contributed by atoms with Crippen molar-refractivity contribution in [1.82, 2.24) is 14.5 Å². The molecule has 128 valence electrons. The van der Waals surface area contributed by atoms with Crippen molar-refractivity contribution in [3.8, 4) is 5.88 Å². The summed E-state index contributed by atoms with van der Waals surface area (Å²) in [5, 5.41) is 10.3. The van der Waals surface area contributed by atoms with Crippen molar-refractivity contribution in [3.05, 3.63) is 62.3 Å². The molecule has 2 rings (SSSR count). The van der Waals surface area contributed by atoms with Gasteiger partial charge in [0.25, 0.3) is 5.56 Å². The summed E-state index contributed by atoms with van der Waals surface area (Å²) in [6, 6.07) is 9.23. The van der Waals surface area contributed by atoms with Crippen LogP contribution in [-0.4, -0.2) is 53.0 Å². The summed E-state index contributed by atoms with van der Waals surface area (Å²) < 4.78 is 1.12. The molecule has 0 bridgehead atoms. The first-order valence-corrected chi connectivity index (χ1v) is 7.73. The maximum atomic E-state index is 12.0. The highest BCUT2D eigenvalue weighted by atomic mass is 16.3. The number of aromatic hydroxyl groups is 1. The number of hydrogen-bond donors (Lipinski definition) is 2. The second kappa shape index (κ2) is 8.26. The molecule has 1 heterocycles. The number of rotatable bonds is 7. The third kappa shape index (κ3) is 4.66. The summed E-state index contributed by atoms with van der Waals surface area (Å²) in [6.45, 7) is 1.59. The smallest absolute Gasteiger partial charge is 0.331 e. The number of aromatic nitrogens is 2. The fourth-order valence-electron chi connectivity index (χ4n) is 2.24. The highest BCUT2D eigenvalue weighted by molar-refractivity contribution is 5.81. The van der Waals surface area contributed by atoms with Gasteiger partial charge in [-0.1, -0.05) is 30.3 Å². The van der Waals surface area contributed by atoms with Crippen LogP contribution in [0, 0.1) is 0 Å². The Bertz CT molecular complexity index is 807. The highest BCUT2D eigenvalue weighted by Crippen LogP contribution is 2.10. The number of nitrogens with zero attached hydrogens (tertiary/aromatic N) is 3. The standard InChI is InChI=1S/C17H22N4O3/c1-20(2)10-6-9-18-11-14-15(22)19-17(24)21(16(14)23)12-13-7-4-3-5-8-13/h3-5,7-8,11,23H,6,9-10,12H2,1-2H3,(H,19,22,24). The molecule has 0 atom stereocenters. The zero-order valence-corrected chi connectivity index (χ0v) is 13.9. The Labute approximate surface area is 139 Å². The van der Waals surface area contributed by atoms with Crippen LogP contribution >= 0.6 is 0 Å². The molecule has 0 saturated carbocycles. The summed E-state index contributed by atoms with van der Waals surface area (Å²) in [7, 11) is 3.94. The van der Waals surface area contributed by atoms with Crippen molar-refractivity contribution in [1.29, 1.82) is 0 Å². The van der Waals surface area contributed by atoms with Gasteiger partial charge in [0, 0.05) is 12.8 Å². The van der Waals surface area contributed by atoms with Crippen LogP contribution in [0.1, 0.15) is 17.5 Å². The molecule has 24 heavy (non-hydrogen) atoms. The molecular weight excluding hydrogens is 308 g/mol. The average molecular weight is 330 g/mol. The first-order valence-electron chi connectivity index (χ1n) is 7.73. The van der Waals surface area contributed by atoms with Crippen LogP contribution in [0.3, 0.4) is 0 Å². The number of hydrogen-bond acceptors (Lipinski definition) is 5. The van der Waals surface area contributed by atoms with Crippen LogP contribution in [0.25, 0.3) is 0 Å². The molecule has 2 aromatic rings. The largest absolute Gasteiger partial charge is 0.494 e. The summed E-state index contributed by atoms with van der Waals surface area (Å²) in [6.07, 6.45) is 2.16. The molecule has 0 fully saturated rings. The summed E-state index contributed by atoms with van der Waals surface area (Å²) in [5.74, 6) is -0.371. The van der Waals surface area contributed by atoms with Gasteiger partial charge in [-0.25, -0.2) is 4.79 Å². The van der Waals surface area contributed by atoms with E-state index in [1.54, 1.807) is 0 Å². The van der Waals surface area contributed by atoms with E-state index in [0.29, 0.717) is 6.54 Å². The average Bonchev–Trinajstić information content (AvgIpc) is 2.54.